The molecule has 1 fully saturated rings. The normalized spacial score (nSPS) is 15.4. The van der Waals surface area contributed by atoms with Gasteiger partial charge in [0, 0.05) is 0 Å². The Balaban J connectivity index is 1.92. The van der Waals surface area contributed by atoms with E-state index in [-0.39, 0.29) is 21.3 Å². The Morgan fingerprint density at radius 3 is 2.42 bits per heavy atom. The van der Waals surface area contributed by atoms with Crippen molar-refractivity contribution in [2.45, 2.75) is 11.8 Å². The minimum Gasteiger partial charge on any atom is -0.493 e. The molecule has 0 spiro atoms. The van der Waals surface area contributed by atoms with Crippen molar-refractivity contribution in [3.63, 3.8) is 0 Å². The van der Waals surface area contributed by atoms with E-state index in [4.69, 9.17) is 14.7 Å². The Hall–Kier alpha value is -3.31. The molecule has 0 bridgehead atoms. The van der Waals surface area contributed by atoms with E-state index in [0.717, 1.165) is 10.5 Å². The predicted octanol–water partition coefficient (Wildman–Crippen LogP) is 2.29. The van der Waals surface area contributed by atoms with Gasteiger partial charge in [0.15, 0.2) is 11.5 Å². The molecule has 2 N–H and O–H groups in total. The summed E-state index contributed by atoms with van der Waals surface area (Å²) in [5.41, 5.74) is 6.34. The second kappa shape index (κ2) is 8.82. The molecule has 2 aromatic rings. The second-order valence-corrected chi connectivity index (χ2v) is 9.03. The van der Waals surface area contributed by atoms with Gasteiger partial charge in [-0.3, -0.25) is 19.3 Å². The number of nitrogens with two attached hydrogens (primary N) is 1. The predicted molar refractivity (Wildman–Crippen MR) is 114 cm³/mol. The van der Waals surface area contributed by atoms with Gasteiger partial charge in [0.25, 0.3) is 11.1 Å². The van der Waals surface area contributed by atoms with Gasteiger partial charge in [0.1, 0.15) is 11.4 Å². The highest BCUT2D eigenvalue weighted by molar-refractivity contribution is 8.18. The number of amides is 3. The number of aryl methyl sites for hydroxylation is 1. The van der Waals surface area contributed by atoms with Gasteiger partial charge in [0.05, 0.1) is 12.0 Å². The van der Waals surface area contributed by atoms with E-state index in [0.29, 0.717) is 17.3 Å². The molecule has 3 amide bonds. The van der Waals surface area contributed by atoms with Crippen molar-refractivity contribution in [2.75, 3.05) is 13.7 Å². The standard InChI is InChI=1S/C20H18N2O7S2/c1-12-3-6-14(7-4-12)31(26,27)29-16-9-13(5-8-15(16)28-2)10-17-19(24)22(11-18(21)23)20(25)30-17/h3-10H,11H2,1-2H3,(H2,21,23)/b17-10-. The van der Waals surface area contributed by atoms with Crippen LogP contribution in [0.1, 0.15) is 11.1 Å². The van der Waals surface area contributed by atoms with Crippen LogP contribution in [0, 0.1) is 6.92 Å². The third-order valence-corrected chi connectivity index (χ3v) is 6.34. The van der Waals surface area contributed by atoms with Crippen LogP contribution < -0.4 is 14.7 Å². The third kappa shape index (κ3) is 5.06. The van der Waals surface area contributed by atoms with E-state index in [1.54, 1.807) is 18.2 Å². The maximum atomic E-state index is 12.6. The summed E-state index contributed by atoms with van der Waals surface area (Å²) in [4.78, 5) is 36.1. The molecule has 1 heterocycles. The number of thioether (sulfide) groups is 1. The molecule has 162 valence electrons. The molecule has 1 saturated heterocycles. The van der Waals surface area contributed by atoms with E-state index < -0.39 is 33.7 Å². The van der Waals surface area contributed by atoms with Crippen LogP contribution in [-0.4, -0.2) is 44.0 Å². The van der Waals surface area contributed by atoms with Gasteiger partial charge in [-0.1, -0.05) is 23.8 Å². The molecule has 1 aliphatic heterocycles. The van der Waals surface area contributed by atoms with E-state index in [2.05, 4.69) is 0 Å². The molecule has 0 unspecified atom stereocenters. The number of nitrogens with zero attached hydrogens (tertiary/aromatic N) is 1. The number of ether oxygens (including phenoxy) is 1. The number of imide groups is 1. The highest BCUT2D eigenvalue weighted by Crippen LogP contribution is 2.35. The van der Waals surface area contributed by atoms with Crippen molar-refractivity contribution < 1.29 is 31.7 Å². The fraction of sp³-hybridized carbons (Fsp3) is 0.150. The molecule has 2 aromatic carbocycles. The molecule has 0 atom stereocenters. The maximum Gasteiger partial charge on any atom is 0.339 e. The zero-order valence-electron chi connectivity index (χ0n) is 16.5. The first kappa shape index (κ1) is 22.4. The Kier molecular flexibility index (Phi) is 6.37. The average molecular weight is 463 g/mol. The van der Waals surface area contributed by atoms with E-state index in [9.17, 15) is 22.8 Å². The number of methoxy groups -OCH3 is 1. The lowest BCUT2D eigenvalue weighted by molar-refractivity contribution is -0.127. The molecule has 0 aromatic heterocycles. The van der Waals surface area contributed by atoms with Crippen molar-refractivity contribution in [2.24, 2.45) is 5.73 Å². The van der Waals surface area contributed by atoms with Crippen molar-refractivity contribution >= 4 is 45.0 Å². The lowest BCUT2D eigenvalue weighted by atomic mass is 10.2. The first-order chi connectivity index (χ1) is 14.6. The smallest absolute Gasteiger partial charge is 0.339 e. The van der Waals surface area contributed by atoms with Crippen molar-refractivity contribution in [3.05, 3.63) is 58.5 Å². The summed E-state index contributed by atoms with van der Waals surface area (Å²) in [6.45, 7) is 1.31. The van der Waals surface area contributed by atoms with E-state index in [1.165, 1.54) is 37.5 Å². The van der Waals surface area contributed by atoms with Crippen LogP contribution in [0.15, 0.2) is 52.3 Å². The van der Waals surface area contributed by atoms with Gasteiger partial charge in [-0.15, -0.1) is 0 Å². The monoisotopic (exact) mass is 462 g/mol. The number of hydrogen-bond acceptors (Lipinski definition) is 8. The Morgan fingerprint density at radius 2 is 1.81 bits per heavy atom. The third-order valence-electron chi connectivity index (χ3n) is 4.18. The summed E-state index contributed by atoms with van der Waals surface area (Å²) in [6.07, 6.45) is 1.39. The summed E-state index contributed by atoms with van der Waals surface area (Å²) in [7, 11) is -2.78. The molecule has 11 heteroatoms. The second-order valence-electron chi connectivity index (χ2n) is 6.49. The van der Waals surface area contributed by atoms with Crippen molar-refractivity contribution in [3.8, 4) is 11.5 Å². The Morgan fingerprint density at radius 1 is 1.13 bits per heavy atom. The number of carbonyl (C=O) groups excluding carboxylic acids is 3. The Bertz CT molecular complexity index is 1190. The number of primary amides is 1. The van der Waals surface area contributed by atoms with E-state index in [1.807, 2.05) is 6.92 Å². The maximum absolute atomic E-state index is 12.6. The zero-order valence-corrected chi connectivity index (χ0v) is 18.2. The van der Waals surface area contributed by atoms with E-state index >= 15 is 0 Å². The number of hydrogen-bond donors (Lipinski definition) is 1. The van der Waals surface area contributed by atoms with Gasteiger partial charge in [-0.25, -0.2) is 0 Å². The molecular formula is C20H18N2O7S2. The minimum atomic E-state index is -4.14. The summed E-state index contributed by atoms with van der Waals surface area (Å²) in [5.74, 6) is -1.41. The highest BCUT2D eigenvalue weighted by atomic mass is 32.2. The molecule has 0 radical (unpaired) electrons. The fourth-order valence-corrected chi connectivity index (χ4v) is 4.43. The Labute approximate surface area is 182 Å². The van der Waals surface area contributed by atoms with Crippen LogP contribution in [0.25, 0.3) is 6.08 Å². The first-order valence-corrected chi connectivity index (χ1v) is 11.1. The molecule has 3 rings (SSSR count). The molecule has 1 aliphatic rings. The fourth-order valence-electron chi connectivity index (χ4n) is 2.66. The summed E-state index contributed by atoms with van der Waals surface area (Å²) >= 11 is 0.646. The van der Waals surface area contributed by atoms with Gasteiger partial charge < -0.3 is 14.7 Å². The van der Waals surface area contributed by atoms with Crippen LogP contribution >= 0.6 is 11.8 Å². The van der Waals surface area contributed by atoms with Crippen LogP contribution in [-0.2, 0) is 19.7 Å². The van der Waals surface area contributed by atoms with Crippen molar-refractivity contribution in [1.82, 2.24) is 4.90 Å². The lowest BCUT2D eigenvalue weighted by Gasteiger charge is -2.12. The van der Waals surface area contributed by atoms with Crippen molar-refractivity contribution in [1.29, 1.82) is 0 Å². The molecule has 31 heavy (non-hydrogen) atoms. The van der Waals surface area contributed by atoms with Gasteiger partial charge in [-0.2, -0.15) is 8.42 Å². The number of rotatable bonds is 7. The first-order valence-electron chi connectivity index (χ1n) is 8.83. The number of carbonyl (C=O) groups is 3. The zero-order chi connectivity index (χ0) is 22.8. The number of benzene rings is 2. The van der Waals surface area contributed by atoms with Crippen LogP contribution in [0.2, 0.25) is 0 Å². The van der Waals surface area contributed by atoms with Gasteiger partial charge in [-0.05, 0) is 54.6 Å². The topological polar surface area (TPSA) is 133 Å². The minimum absolute atomic E-state index is 0.0295. The average Bonchev–Trinajstić information content (AvgIpc) is 2.95. The molecule has 0 aliphatic carbocycles. The molecule has 0 saturated carbocycles. The lowest BCUT2D eigenvalue weighted by Crippen LogP contribution is -2.36. The SMILES string of the molecule is COc1ccc(/C=C2\SC(=O)N(CC(N)=O)C2=O)cc1OS(=O)(=O)c1ccc(C)cc1. The summed E-state index contributed by atoms with van der Waals surface area (Å²) in [6, 6.07) is 10.5. The largest absolute Gasteiger partial charge is 0.493 e. The molecular weight excluding hydrogens is 444 g/mol. The summed E-state index contributed by atoms with van der Waals surface area (Å²) in [5, 5.41) is -0.623. The molecule has 9 nitrogen and oxygen atoms in total. The van der Waals surface area contributed by atoms with Crippen LogP contribution in [0.5, 0.6) is 11.5 Å². The summed E-state index contributed by atoms with van der Waals surface area (Å²) < 4.78 is 35.7. The van der Waals surface area contributed by atoms with Gasteiger partial charge in [0.2, 0.25) is 5.91 Å². The van der Waals surface area contributed by atoms with Crippen LogP contribution in [0.4, 0.5) is 4.79 Å². The van der Waals surface area contributed by atoms with Crippen LogP contribution in [0.3, 0.4) is 0 Å². The highest BCUT2D eigenvalue weighted by Gasteiger charge is 2.35. The van der Waals surface area contributed by atoms with Gasteiger partial charge >= 0.3 is 10.1 Å². The quantitative estimate of drug-likeness (QED) is 0.489.